The highest BCUT2D eigenvalue weighted by molar-refractivity contribution is 5.72. The molecule has 4 rings (SSSR count). The molecule has 1 saturated heterocycles. The molecule has 0 bridgehead atoms. The molecule has 0 amide bonds. The molecule has 3 heterocycles. The van der Waals surface area contributed by atoms with E-state index in [1.807, 2.05) is 25.1 Å². The third-order valence-corrected chi connectivity index (χ3v) is 5.27. The van der Waals surface area contributed by atoms with Gasteiger partial charge < -0.3 is 9.64 Å². The maximum Gasteiger partial charge on any atom is 0.330 e. The molecule has 0 aliphatic carbocycles. The van der Waals surface area contributed by atoms with Gasteiger partial charge >= 0.3 is 5.69 Å². The monoisotopic (exact) mass is 395 g/mol. The highest BCUT2D eigenvalue weighted by Crippen LogP contribution is 2.28. The van der Waals surface area contributed by atoms with Crippen LogP contribution in [-0.4, -0.2) is 58.8 Å². The Bertz CT molecular complexity index is 1100. The third-order valence-electron chi connectivity index (χ3n) is 5.27. The Kier molecular flexibility index (Phi) is 5.62. The molecule has 152 valence electrons. The summed E-state index contributed by atoms with van der Waals surface area (Å²) in [7, 11) is 0. The van der Waals surface area contributed by atoms with Gasteiger partial charge in [0.25, 0.3) is 5.56 Å². The molecule has 0 saturated carbocycles. The van der Waals surface area contributed by atoms with Crippen LogP contribution in [0, 0.1) is 0 Å². The minimum absolute atomic E-state index is 0.291. The van der Waals surface area contributed by atoms with Gasteiger partial charge in [-0.15, -0.1) is 0 Å². The van der Waals surface area contributed by atoms with Crippen molar-refractivity contribution >= 4 is 16.7 Å². The zero-order valence-corrected chi connectivity index (χ0v) is 16.5. The van der Waals surface area contributed by atoms with E-state index in [4.69, 9.17) is 4.74 Å². The summed E-state index contributed by atoms with van der Waals surface area (Å²) in [5.74, 6) is 0.909. The largest absolute Gasteiger partial charge is 0.492 e. The van der Waals surface area contributed by atoms with Gasteiger partial charge in [0.05, 0.1) is 17.7 Å². The second-order valence-electron chi connectivity index (χ2n) is 7.02. The zero-order chi connectivity index (χ0) is 20.2. The van der Waals surface area contributed by atoms with Crippen LogP contribution in [0.25, 0.3) is 11.0 Å². The molecule has 0 atom stereocenters. The summed E-state index contributed by atoms with van der Waals surface area (Å²) in [6, 6.07) is 11.5. The van der Waals surface area contributed by atoms with Gasteiger partial charge in [-0.1, -0.05) is 12.1 Å². The van der Waals surface area contributed by atoms with Crippen molar-refractivity contribution in [1.82, 2.24) is 19.4 Å². The number of rotatable bonds is 6. The lowest BCUT2D eigenvalue weighted by atomic mass is 10.2. The number of nitrogens with one attached hydrogen (secondary N) is 1. The Morgan fingerprint density at radius 2 is 1.83 bits per heavy atom. The molecule has 8 nitrogen and oxygen atoms in total. The van der Waals surface area contributed by atoms with Crippen molar-refractivity contribution in [3.8, 4) is 5.75 Å². The van der Waals surface area contributed by atoms with Crippen molar-refractivity contribution in [2.45, 2.75) is 13.5 Å². The van der Waals surface area contributed by atoms with Crippen molar-refractivity contribution in [2.24, 2.45) is 0 Å². The summed E-state index contributed by atoms with van der Waals surface area (Å²) in [5, 5.41) is 0.435. The second kappa shape index (κ2) is 8.48. The van der Waals surface area contributed by atoms with Crippen molar-refractivity contribution < 1.29 is 4.74 Å². The molecule has 3 aromatic rings. The minimum Gasteiger partial charge on any atom is -0.492 e. The van der Waals surface area contributed by atoms with E-state index < -0.39 is 5.69 Å². The first-order valence-electron chi connectivity index (χ1n) is 9.94. The number of para-hydroxylation sites is 2. The predicted octanol–water partition coefficient (Wildman–Crippen LogP) is 1.31. The number of ether oxygens (including phenoxy) is 1. The standard InChI is InChI=1S/C21H25N5O3/c1-2-29-18-8-4-3-7-17(18)25-13-10-24(11-14-25)12-15-26-20(27)16-6-5-9-22-19(16)23-21(26)28/h3-9H,2,10-15H2,1H3,(H,22,23,28). The van der Waals surface area contributed by atoms with E-state index in [-0.39, 0.29) is 5.56 Å². The van der Waals surface area contributed by atoms with Crippen molar-refractivity contribution in [3.63, 3.8) is 0 Å². The number of aromatic nitrogens is 3. The van der Waals surface area contributed by atoms with Crippen LogP contribution in [0.1, 0.15) is 6.92 Å². The normalized spacial score (nSPS) is 15.0. The molecular weight excluding hydrogens is 370 g/mol. The summed E-state index contributed by atoms with van der Waals surface area (Å²) in [4.78, 5) is 36.3. The van der Waals surface area contributed by atoms with Gasteiger partial charge in [0.1, 0.15) is 11.4 Å². The van der Waals surface area contributed by atoms with Gasteiger partial charge in [0, 0.05) is 45.5 Å². The third kappa shape index (κ3) is 4.02. The van der Waals surface area contributed by atoms with Gasteiger partial charge in [-0.25, -0.2) is 9.78 Å². The van der Waals surface area contributed by atoms with E-state index >= 15 is 0 Å². The lowest BCUT2D eigenvalue weighted by Crippen LogP contribution is -2.48. The van der Waals surface area contributed by atoms with Crippen molar-refractivity contribution in [2.75, 3.05) is 44.2 Å². The SMILES string of the molecule is CCOc1ccccc1N1CCN(CCn2c(=O)[nH]c3ncccc3c2=O)CC1. The van der Waals surface area contributed by atoms with Crippen LogP contribution < -0.4 is 20.9 Å². The van der Waals surface area contributed by atoms with Crippen LogP contribution in [0.5, 0.6) is 5.75 Å². The van der Waals surface area contributed by atoms with E-state index in [0.717, 1.165) is 37.6 Å². The van der Waals surface area contributed by atoms with Gasteiger partial charge in [-0.05, 0) is 31.2 Å². The predicted molar refractivity (Wildman–Crippen MR) is 113 cm³/mol. The van der Waals surface area contributed by atoms with E-state index in [1.54, 1.807) is 18.3 Å². The molecule has 0 radical (unpaired) electrons. The minimum atomic E-state index is -0.412. The number of hydrogen-bond donors (Lipinski definition) is 1. The van der Waals surface area contributed by atoms with Crippen LogP contribution in [-0.2, 0) is 6.54 Å². The molecule has 1 aliphatic heterocycles. The molecule has 1 aliphatic rings. The van der Waals surface area contributed by atoms with Crippen molar-refractivity contribution in [1.29, 1.82) is 0 Å². The Balaban J connectivity index is 1.41. The number of nitrogens with zero attached hydrogens (tertiary/aromatic N) is 4. The fourth-order valence-corrected chi connectivity index (χ4v) is 3.74. The number of anilines is 1. The Labute approximate surface area is 168 Å². The molecule has 0 unspecified atom stereocenters. The summed E-state index contributed by atoms with van der Waals surface area (Å²) in [6.07, 6.45) is 1.56. The average Bonchev–Trinajstić information content (AvgIpc) is 2.75. The molecule has 0 spiro atoms. The number of pyridine rings is 1. The summed E-state index contributed by atoms with van der Waals surface area (Å²) < 4.78 is 7.01. The first-order valence-corrected chi connectivity index (χ1v) is 9.94. The maximum absolute atomic E-state index is 12.6. The summed E-state index contributed by atoms with van der Waals surface area (Å²) in [5.41, 5.74) is 0.746. The lowest BCUT2D eigenvalue weighted by Gasteiger charge is -2.36. The van der Waals surface area contributed by atoms with E-state index in [0.29, 0.717) is 30.7 Å². The molecular formula is C21H25N5O3. The maximum atomic E-state index is 12.6. The number of piperazine rings is 1. The molecule has 2 aromatic heterocycles. The van der Waals surface area contributed by atoms with Crippen LogP contribution in [0.15, 0.2) is 52.2 Å². The van der Waals surface area contributed by atoms with Crippen molar-refractivity contribution in [3.05, 3.63) is 63.4 Å². The number of hydrogen-bond acceptors (Lipinski definition) is 6. The Morgan fingerprint density at radius 1 is 1.03 bits per heavy atom. The number of fused-ring (bicyclic) bond motifs is 1. The second-order valence-corrected chi connectivity index (χ2v) is 7.02. The topological polar surface area (TPSA) is 83.5 Å². The lowest BCUT2D eigenvalue weighted by molar-refractivity contribution is 0.245. The summed E-state index contributed by atoms with van der Waals surface area (Å²) in [6.45, 7) is 7.10. The van der Waals surface area contributed by atoms with Gasteiger partial charge in [0.2, 0.25) is 0 Å². The first-order chi connectivity index (χ1) is 14.2. The van der Waals surface area contributed by atoms with Crippen LogP contribution >= 0.6 is 0 Å². The van der Waals surface area contributed by atoms with Gasteiger partial charge in [0.15, 0.2) is 0 Å². The fraction of sp³-hybridized carbons (Fsp3) is 0.381. The average molecular weight is 395 g/mol. The van der Waals surface area contributed by atoms with E-state index in [9.17, 15) is 9.59 Å². The molecule has 8 heteroatoms. The molecule has 29 heavy (non-hydrogen) atoms. The van der Waals surface area contributed by atoms with E-state index in [1.165, 1.54) is 4.57 Å². The van der Waals surface area contributed by atoms with E-state index in [2.05, 4.69) is 25.8 Å². The number of aromatic amines is 1. The van der Waals surface area contributed by atoms with Crippen LogP contribution in [0.3, 0.4) is 0 Å². The zero-order valence-electron chi connectivity index (χ0n) is 16.5. The fourth-order valence-electron chi connectivity index (χ4n) is 3.74. The molecule has 1 N–H and O–H groups in total. The Hall–Kier alpha value is -3.13. The smallest absolute Gasteiger partial charge is 0.330 e. The van der Waals surface area contributed by atoms with Gasteiger partial charge in [-0.3, -0.25) is 19.2 Å². The number of H-pyrrole nitrogens is 1. The quantitative estimate of drug-likeness (QED) is 0.678. The molecule has 1 aromatic carbocycles. The van der Waals surface area contributed by atoms with Crippen LogP contribution in [0.4, 0.5) is 5.69 Å². The highest BCUT2D eigenvalue weighted by Gasteiger charge is 2.20. The Morgan fingerprint density at radius 3 is 2.62 bits per heavy atom. The highest BCUT2D eigenvalue weighted by atomic mass is 16.5. The van der Waals surface area contributed by atoms with Crippen LogP contribution in [0.2, 0.25) is 0 Å². The van der Waals surface area contributed by atoms with Gasteiger partial charge in [-0.2, -0.15) is 0 Å². The molecule has 1 fully saturated rings. The number of benzene rings is 1. The summed E-state index contributed by atoms with van der Waals surface area (Å²) >= 11 is 0. The first kappa shape index (κ1) is 19.2.